The number of sulfonamides is 1. The number of methoxy groups -OCH3 is 1. The summed E-state index contributed by atoms with van der Waals surface area (Å²) in [6, 6.07) is 12.2. The standard InChI is InChI=1S/C17H20IN3O3S.ClH/c1-24-17-7-6-15(12-16(17)21-10-8-19-9-11-21)25(22,23)20-14-4-2-13(18)3-5-14;/h2-7,12,19-20H,8-11H2,1H3;1H. The molecule has 3 rings (SSSR count). The highest BCUT2D eigenvalue weighted by Crippen LogP contribution is 2.32. The Balaban J connectivity index is 0.00000243. The van der Waals surface area contributed by atoms with Crippen molar-refractivity contribution in [3.63, 3.8) is 0 Å². The normalized spacial score (nSPS) is 14.5. The second-order valence-electron chi connectivity index (χ2n) is 5.68. The van der Waals surface area contributed by atoms with Crippen molar-refractivity contribution >= 4 is 56.4 Å². The lowest BCUT2D eigenvalue weighted by Gasteiger charge is -2.30. The van der Waals surface area contributed by atoms with Crippen molar-refractivity contribution in [2.24, 2.45) is 0 Å². The zero-order valence-electron chi connectivity index (χ0n) is 14.2. The van der Waals surface area contributed by atoms with Crippen LogP contribution in [-0.2, 0) is 10.0 Å². The van der Waals surface area contributed by atoms with Gasteiger partial charge < -0.3 is 15.0 Å². The van der Waals surface area contributed by atoms with Crippen LogP contribution in [-0.4, -0.2) is 41.7 Å². The summed E-state index contributed by atoms with van der Waals surface area (Å²) < 4.78 is 34.6. The highest BCUT2D eigenvalue weighted by molar-refractivity contribution is 14.1. The first-order valence-electron chi connectivity index (χ1n) is 7.92. The Morgan fingerprint density at radius 1 is 1.12 bits per heavy atom. The van der Waals surface area contributed by atoms with Crippen LogP contribution >= 0.6 is 35.0 Å². The van der Waals surface area contributed by atoms with E-state index in [2.05, 4.69) is 37.5 Å². The van der Waals surface area contributed by atoms with E-state index in [-0.39, 0.29) is 17.3 Å². The Morgan fingerprint density at radius 3 is 2.38 bits per heavy atom. The highest BCUT2D eigenvalue weighted by atomic mass is 127. The van der Waals surface area contributed by atoms with E-state index in [1.807, 2.05) is 12.1 Å². The van der Waals surface area contributed by atoms with E-state index in [1.54, 1.807) is 37.4 Å². The van der Waals surface area contributed by atoms with Crippen molar-refractivity contribution < 1.29 is 13.2 Å². The summed E-state index contributed by atoms with van der Waals surface area (Å²) in [5, 5.41) is 3.29. The van der Waals surface area contributed by atoms with Crippen molar-refractivity contribution in [1.29, 1.82) is 0 Å². The Labute approximate surface area is 173 Å². The molecule has 0 aliphatic carbocycles. The first kappa shape index (κ1) is 21.1. The van der Waals surface area contributed by atoms with Crippen molar-refractivity contribution in [2.75, 3.05) is 42.9 Å². The van der Waals surface area contributed by atoms with Gasteiger partial charge in [0.15, 0.2) is 0 Å². The average Bonchev–Trinajstić information content (AvgIpc) is 2.63. The Morgan fingerprint density at radius 2 is 1.77 bits per heavy atom. The van der Waals surface area contributed by atoms with Gasteiger partial charge in [-0.3, -0.25) is 4.72 Å². The fourth-order valence-electron chi connectivity index (χ4n) is 2.72. The maximum Gasteiger partial charge on any atom is 0.261 e. The van der Waals surface area contributed by atoms with Crippen LogP contribution in [0, 0.1) is 3.57 Å². The van der Waals surface area contributed by atoms with Gasteiger partial charge in [-0.15, -0.1) is 12.4 Å². The summed E-state index contributed by atoms with van der Waals surface area (Å²) in [5.41, 5.74) is 1.34. The lowest BCUT2D eigenvalue weighted by atomic mass is 10.2. The molecule has 0 spiro atoms. The summed E-state index contributed by atoms with van der Waals surface area (Å²) in [6.45, 7) is 3.34. The minimum absolute atomic E-state index is 0. The van der Waals surface area contributed by atoms with E-state index in [1.165, 1.54) is 0 Å². The Hall–Kier alpha value is -1.23. The fraction of sp³-hybridized carbons (Fsp3) is 0.294. The summed E-state index contributed by atoms with van der Waals surface area (Å²) in [6.07, 6.45) is 0. The van der Waals surface area contributed by atoms with Gasteiger partial charge in [0, 0.05) is 35.4 Å². The molecular weight excluding hydrogens is 489 g/mol. The van der Waals surface area contributed by atoms with E-state index >= 15 is 0 Å². The van der Waals surface area contributed by atoms with Crippen LogP contribution in [0.2, 0.25) is 0 Å². The molecule has 1 saturated heterocycles. The molecular formula is C17H21ClIN3O3S. The summed E-state index contributed by atoms with van der Waals surface area (Å²) in [7, 11) is -2.07. The van der Waals surface area contributed by atoms with E-state index in [0.29, 0.717) is 11.4 Å². The smallest absolute Gasteiger partial charge is 0.261 e. The number of benzene rings is 2. The second-order valence-corrected chi connectivity index (χ2v) is 8.61. The largest absolute Gasteiger partial charge is 0.495 e. The van der Waals surface area contributed by atoms with Gasteiger partial charge in [0.1, 0.15) is 5.75 Å². The van der Waals surface area contributed by atoms with Crippen LogP contribution in [0.4, 0.5) is 11.4 Å². The molecule has 6 nitrogen and oxygen atoms in total. The van der Waals surface area contributed by atoms with E-state index in [4.69, 9.17) is 4.74 Å². The maximum absolute atomic E-state index is 12.7. The maximum atomic E-state index is 12.7. The predicted octanol–water partition coefficient (Wildman–Crippen LogP) is 2.93. The van der Waals surface area contributed by atoms with E-state index < -0.39 is 10.0 Å². The number of anilines is 2. The first-order chi connectivity index (χ1) is 12.0. The Bertz CT molecular complexity index is 841. The molecule has 2 aromatic carbocycles. The Kier molecular flexibility index (Phi) is 7.39. The topological polar surface area (TPSA) is 70.7 Å². The number of nitrogens with zero attached hydrogens (tertiary/aromatic N) is 1. The predicted molar refractivity (Wildman–Crippen MR) is 115 cm³/mol. The number of rotatable bonds is 5. The minimum Gasteiger partial charge on any atom is -0.495 e. The quantitative estimate of drug-likeness (QED) is 0.607. The van der Waals surface area contributed by atoms with Gasteiger partial charge >= 0.3 is 0 Å². The molecule has 0 saturated carbocycles. The molecule has 0 atom stereocenters. The number of halogens is 2. The average molecular weight is 510 g/mol. The van der Waals surface area contributed by atoms with Crippen LogP contribution < -0.4 is 19.7 Å². The monoisotopic (exact) mass is 509 g/mol. The number of hydrogen-bond acceptors (Lipinski definition) is 5. The lowest BCUT2D eigenvalue weighted by Crippen LogP contribution is -2.43. The van der Waals surface area contributed by atoms with Gasteiger partial charge in [0.25, 0.3) is 10.0 Å². The summed E-state index contributed by atoms with van der Waals surface area (Å²) >= 11 is 2.18. The van der Waals surface area contributed by atoms with Crippen molar-refractivity contribution in [2.45, 2.75) is 4.90 Å². The third-order valence-corrected chi connectivity index (χ3v) is 6.11. The molecule has 142 valence electrons. The second kappa shape index (κ2) is 9.12. The van der Waals surface area contributed by atoms with Crippen LogP contribution in [0.5, 0.6) is 5.75 Å². The zero-order chi connectivity index (χ0) is 17.9. The van der Waals surface area contributed by atoms with Gasteiger partial charge in [0.2, 0.25) is 0 Å². The van der Waals surface area contributed by atoms with Gasteiger partial charge in [-0.05, 0) is 65.1 Å². The first-order valence-corrected chi connectivity index (χ1v) is 10.5. The SMILES string of the molecule is COc1ccc(S(=O)(=O)Nc2ccc(I)cc2)cc1N1CCNCC1.Cl. The van der Waals surface area contributed by atoms with Crippen molar-refractivity contribution in [1.82, 2.24) is 5.32 Å². The van der Waals surface area contributed by atoms with Crippen LogP contribution in [0.25, 0.3) is 0 Å². The molecule has 2 aromatic rings. The molecule has 0 unspecified atom stereocenters. The number of ether oxygens (including phenoxy) is 1. The van der Waals surface area contributed by atoms with E-state index in [9.17, 15) is 8.42 Å². The summed E-state index contributed by atoms with van der Waals surface area (Å²) in [4.78, 5) is 2.36. The molecule has 0 radical (unpaired) electrons. The molecule has 26 heavy (non-hydrogen) atoms. The number of hydrogen-bond donors (Lipinski definition) is 2. The number of piperazine rings is 1. The highest BCUT2D eigenvalue weighted by Gasteiger charge is 2.20. The zero-order valence-corrected chi connectivity index (χ0v) is 18.0. The molecule has 0 bridgehead atoms. The third-order valence-electron chi connectivity index (χ3n) is 4.01. The van der Waals surface area contributed by atoms with Gasteiger partial charge in [0.05, 0.1) is 17.7 Å². The molecule has 1 heterocycles. The van der Waals surface area contributed by atoms with Crippen LogP contribution in [0.1, 0.15) is 0 Å². The molecule has 1 aliphatic heterocycles. The van der Waals surface area contributed by atoms with Crippen LogP contribution in [0.15, 0.2) is 47.4 Å². The molecule has 0 aromatic heterocycles. The third kappa shape index (κ3) is 4.93. The number of nitrogens with one attached hydrogen (secondary N) is 2. The van der Waals surface area contributed by atoms with Gasteiger partial charge in [-0.2, -0.15) is 0 Å². The fourth-order valence-corrected chi connectivity index (χ4v) is 4.16. The molecule has 1 aliphatic rings. The van der Waals surface area contributed by atoms with Crippen molar-refractivity contribution in [3.05, 3.63) is 46.0 Å². The lowest BCUT2D eigenvalue weighted by molar-refractivity contribution is 0.412. The molecule has 9 heteroatoms. The van der Waals surface area contributed by atoms with E-state index in [0.717, 1.165) is 35.4 Å². The minimum atomic E-state index is -3.66. The van der Waals surface area contributed by atoms with Gasteiger partial charge in [-0.1, -0.05) is 0 Å². The molecule has 0 amide bonds. The summed E-state index contributed by atoms with van der Waals surface area (Å²) in [5.74, 6) is 0.676. The van der Waals surface area contributed by atoms with Crippen molar-refractivity contribution in [3.8, 4) is 5.75 Å². The van der Waals surface area contributed by atoms with Crippen LogP contribution in [0.3, 0.4) is 0 Å². The molecule has 2 N–H and O–H groups in total. The van der Waals surface area contributed by atoms with Gasteiger partial charge in [-0.25, -0.2) is 8.42 Å². The molecule has 1 fully saturated rings.